The lowest BCUT2D eigenvalue weighted by molar-refractivity contribution is -0.128. The predicted molar refractivity (Wildman–Crippen MR) is 103 cm³/mol. The van der Waals surface area contributed by atoms with E-state index in [4.69, 9.17) is 28.6 Å². The number of nitrogens with one attached hydrogen (secondary N) is 1. The third kappa shape index (κ3) is 3.86. The van der Waals surface area contributed by atoms with Crippen LogP contribution >= 0.6 is 39.7 Å². The Balaban J connectivity index is 2.54. The van der Waals surface area contributed by atoms with Crippen LogP contribution in [0.15, 0.2) is 28.8 Å². The molecule has 132 valence electrons. The molecule has 0 unspecified atom stereocenters. The van der Waals surface area contributed by atoms with E-state index in [1.165, 1.54) is 23.1 Å². The van der Waals surface area contributed by atoms with Gasteiger partial charge in [-0.15, -0.1) is 6.58 Å². The highest BCUT2D eigenvalue weighted by atomic mass is 79.9. The maximum atomic E-state index is 12.5. The number of hydrogen-bond donors (Lipinski definition) is 2. The highest BCUT2D eigenvalue weighted by Crippen LogP contribution is 2.42. The van der Waals surface area contributed by atoms with Crippen molar-refractivity contribution in [3.63, 3.8) is 0 Å². The van der Waals surface area contributed by atoms with Crippen LogP contribution in [-0.4, -0.2) is 40.1 Å². The van der Waals surface area contributed by atoms with Crippen molar-refractivity contribution in [3.05, 3.63) is 39.4 Å². The monoisotopic (exact) mass is 444 g/mol. The summed E-state index contributed by atoms with van der Waals surface area (Å²) >= 11 is 14.3. The van der Waals surface area contributed by atoms with E-state index in [0.29, 0.717) is 16.6 Å². The first-order chi connectivity index (χ1) is 11.8. The third-order valence-electron chi connectivity index (χ3n) is 3.27. The van der Waals surface area contributed by atoms with Gasteiger partial charge in [-0.25, -0.2) is 0 Å². The Kier molecular flexibility index (Phi) is 6.21. The number of carbonyl (C=O) groups is 2. The van der Waals surface area contributed by atoms with Gasteiger partial charge in [-0.05, 0) is 52.8 Å². The van der Waals surface area contributed by atoms with E-state index in [-0.39, 0.29) is 33.8 Å². The van der Waals surface area contributed by atoms with Gasteiger partial charge in [0.25, 0.3) is 11.8 Å². The molecule has 9 heteroatoms. The zero-order valence-corrected chi connectivity index (χ0v) is 16.3. The fourth-order valence-corrected chi connectivity index (χ4v) is 3.00. The number of amides is 2. The lowest BCUT2D eigenvalue weighted by Crippen LogP contribution is -2.53. The van der Waals surface area contributed by atoms with Crippen molar-refractivity contribution in [2.24, 2.45) is 0 Å². The molecule has 2 rings (SSSR count). The van der Waals surface area contributed by atoms with Crippen LogP contribution in [0.25, 0.3) is 6.08 Å². The second-order valence-electron chi connectivity index (χ2n) is 4.90. The van der Waals surface area contributed by atoms with Crippen LogP contribution in [-0.2, 0) is 9.59 Å². The van der Waals surface area contributed by atoms with Crippen LogP contribution < -0.4 is 10.1 Å². The molecule has 1 aromatic rings. The molecule has 0 spiro atoms. The van der Waals surface area contributed by atoms with Crippen molar-refractivity contribution in [3.8, 4) is 11.5 Å². The normalized spacial score (nSPS) is 16.2. The van der Waals surface area contributed by atoms with Gasteiger partial charge >= 0.3 is 0 Å². The van der Waals surface area contributed by atoms with Gasteiger partial charge in [0.05, 0.1) is 6.61 Å². The Morgan fingerprint density at radius 1 is 1.52 bits per heavy atom. The van der Waals surface area contributed by atoms with Gasteiger partial charge in [0.15, 0.2) is 16.6 Å². The molecule has 0 aromatic heterocycles. The zero-order valence-electron chi connectivity index (χ0n) is 13.1. The van der Waals surface area contributed by atoms with Gasteiger partial charge in [-0.2, -0.15) is 0 Å². The van der Waals surface area contributed by atoms with Crippen LogP contribution in [0.4, 0.5) is 0 Å². The molecule has 0 bridgehead atoms. The van der Waals surface area contributed by atoms with Crippen molar-refractivity contribution in [1.29, 1.82) is 0 Å². The molecule has 0 radical (unpaired) electrons. The molecular formula is C16H14BrClN2O4S. The van der Waals surface area contributed by atoms with Crippen LogP contribution in [0.3, 0.4) is 0 Å². The average molecular weight is 446 g/mol. The molecule has 1 aliphatic rings. The van der Waals surface area contributed by atoms with Crippen molar-refractivity contribution in [2.75, 3.05) is 13.2 Å². The number of carbonyl (C=O) groups excluding carboxylic acids is 2. The molecule has 0 saturated carbocycles. The fourth-order valence-electron chi connectivity index (χ4n) is 2.13. The number of aromatic hydroxyl groups is 1. The minimum absolute atomic E-state index is 0.0138. The summed E-state index contributed by atoms with van der Waals surface area (Å²) in [6.45, 7) is 5.79. The van der Waals surface area contributed by atoms with Crippen LogP contribution in [0, 0.1) is 0 Å². The first kappa shape index (κ1) is 19.4. The quantitative estimate of drug-likeness (QED) is 0.315. The van der Waals surface area contributed by atoms with Crippen LogP contribution in [0.5, 0.6) is 11.5 Å². The number of halogens is 2. The summed E-state index contributed by atoms with van der Waals surface area (Å²) in [5.74, 6) is -1.26. The van der Waals surface area contributed by atoms with Crippen LogP contribution in [0.2, 0.25) is 5.02 Å². The molecule has 1 heterocycles. The molecule has 2 N–H and O–H groups in total. The van der Waals surface area contributed by atoms with Crippen molar-refractivity contribution < 1.29 is 19.4 Å². The van der Waals surface area contributed by atoms with Crippen molar-refractivity contribution in [1.82, 2.24) is 10.2 Å². The van der Waals surface area contributed by atoms with Gasteiger partial charge < -0.3 is 9.84 Å². The van der Waals surface area contributed by atoms with E-state index < -0.39 is 11.8 Å². The third-order valence-corrected chi connectivity index (χ3v) is 5.04. The second-order valence-corrected chi connectivity index (χ2v) is 6.45. The number of phenolic OH excluding ortho intramolecular Hbond substituents is 1. The second kappa shape index (κ2) is 7.99. The first-order valence-electron chi connectivity index (χ1n) is 7.15. The minimum atomic E-state index is -0.621. The van der Waals surface area contributed by atoms with Crippen molar-refractivity contribution >= 4 is 62.8 Å². The van der Waals surface area contributed by atoms with Gasteiger partial charge in [-0.1, -0.05) is 17.7 Å². The van der Waals surface area contributed by atoms with E-state index >= 15 is 0 Å². The molecule has 1 fully saturated rings. The molecule has 0 atom stereocenters. The number of hydrogen-bond acceptors (Lipinski definition) is 5. The Morgan fingerprint density at radius 2 is 2.20 bits per heavy atom. The molecule has 2 amide bonds. The first-order valence-corrected chi connectivity index (χ1v) is 8.73. The number of thiocarbonyl (C=S) groups is 1. The van der Waals surface area contributed by atoms with E-state index in [2.05, 4.69) is 27.8 Å². The molecule has 1 aromatic carbocycles. The van der Waals surface area contributed by atoms with E-state index in [0.717, 1.165) is 0 Å². The Hall–Kier alpha value is -1.90. The SMILES string of the molecule is C=CCN1C(=O)/C(=C/c2cc(OCC)c(O)c(Cl)c2Br)C(=O)NC1=S. The Morgan fingerprint density at radius 3 is 2.80 bits per heavy atom. The summed E-state index contributed by atoms with van der Waals surface area (Å²) in [7, 11) is 0. The summed E-state index contributed by atoms with van der Waals surface area (Å²) < 4.78 is 5.64. The lowest BCUT2D eigenvalue weighted by Gasteiger charge is -2.27. The molecule has 0 aliphatic carbocycles. The highest BCUT2D eigenvalue weighted by Gasteiger charge is 2.33. The summed E-state index contributed by atoms with van der Waals surface area (Å²) in [5.41, 5.74) is 0.275. The van der Waals surface area contributed by atoms with Gasteiger partial charge in [0.1, 0.15) is 10.6 Å². The zero-order chi connectivity index (χ0) is 18.7. The van der Waals surface area contributed by atoms with E-state index in [1.54, 1.807) is 6.92 Å². The van der Waals surface area contributed by atoms with Gasteiger partial charge in [0.2, 0.25) is 0 Å². The standard InChI is InChI=1S/C16H14BrClN2O4S/c1-3-5-20-15(23)9(14(22)19-16(20)25)6-8-7-10(24-4-2)13(21)12(18)11(8)17/h3,6-7,21H,1,4-5H2,2H3,(H,19,22,25)/b9-6+. The lowest BCUT2D eigenvalue weighted by atomic mass is 10.1. The largest absolute Gasteiger partial charge is 0.503 e. The summed E-state index contributed by atoms with van der Waals surface area (Å²) in [5, 5.41) is 12.5. The van der Waals surface area contributed by atoms with Gasteiger partial charge in [0, 0.05) is 11.0 Å². The molecule has 1 aliphatic heterocycles. The number of phenols is 1. The molecular weight excluding hydrogens is 432 g/mol. The van der Waals surface area contributed by atoms with Crippen molar-refractivity contribution in [2.45, 2.75) is 6.92 Å². The van der Waals surface area contributed by atoms with E-state index in [1.807, 2.05) is 0 Å². The smallest absolute Gasteiger partial charge is 0.265 e. The van der Waals surface area contributed by atoms with Crippen LogP contribution in [0.1, 0.15) is 12.5 Å². The molecule has 25 heavy (non-hydrogen) atoms. The fraction of sp³-hybridized carbons (Fsp3) is 0.188. The number of rotatable bonds is 5. The predicted octanol–water partition coefficient (Wildman–Crippen LogP) is 3.02. The summed E-state index contributed by atoms with van der Waals surface area (Å²) in [4.78, 5) is 25.9. The maximum Gasteiger partial charge on any atom is 0.265 e. The highest BCUT2D eigenvalue weighted by molar-refractivity contribution is 9.10. The minimum Gasteiger partial charge on any atom is -0.503 e. The maximum absolute atomic E-state index is 12.5. The average Bonchev–Trinajstić information content (AvgIpc) is 2.57. The summed E-state index contributed by atoms with van der Waals surface area (Å²) in [6, 6.07) is 1.48. The van der Waals surface area contributed by atoms with E-state index in [9.17, 15) is 14.7 Å². The molecule has 6 nitrogen and oxygen atoms in total. The number of ether oxygens (including phenoxy) is 1. The van der Waals surface area contributed by atoms with Gasteiger partial charge in [-0.3, -0.25) is 19.8 Å². The molecule has 1 saturated heterocycles. The number of nitrogens with zero attached hydrogens (tertiary/aromatic N) is 1. The Bertz CT molecular complexity index is 810. The topological polar surface area (TPSA) is 78.9 Å². The number of benzene rings is 1. The summed E-state index contributed by atoms with van der Waals surface area (Å²) in [6.07, 6.45) is 2.85. The Labute approximate surface area is 163 Å².